The third-order valence-corrected chi connectivity index (χ3v) is 5.45. The molecule has 150 valence electrons. The average molecular weight is 409 g/mol. The Hall–Kier alpha value is -2.85. The Labute approximate surface area is 176 Å². The Kier molecular flexibility index (Phi) is 6.23. The van der Waals surface area contributed by atoms with Crippen molar-refractivity contribution in [2.24, 2.45) is 5.16 Å². The quantitative estimate of drug-likeness (QED) is 0.312. The summed E-state index contributed by atoms with van der Waals surface area (Å²) in [5.41, 5.74) is 4.56. The van der Waals surface area contributed by atoms with Crippen molar-refractivity contribution in [3.8, 4) is 5.75 Å². The minimum Gasteiger partial charge on any atom is -0.494 e. The topological polar surface area (TPSA) is 54.7 Å². The van der Waals surface area contributed by atoms with Gasteiger partial charge in [0, 0.05) is 16.9 Å². The van der Waals surface area contributed by atoms with Gasteiger partial charge in [0.15, 0.2) is 0 Å². The Morgan fingerprint density at radius 3 is 2.38 bits per heavy atom. The van der Waals surface area contributed by atoms with Gasteiger partial charge in [0.1, 0.15) is 5.75 Å². The van der Waals surface area contributed by atoms with Crippen LogP contribution < -0.4 is 4.74 Å². The smallest absolute Gasteiger partial charge is 0.119 e. The summed E-state index contributed by atoms with van der Waals surface area (Å²) in [6.07, 6.45) is 1.78. The lowest BCUT2D eigenvalue weighted by Gasteiger charge is -2.36. The third kappa shape index (κ3) is 3.85. The van der Waals surface area contributed by atoms with Crippen LogP contribution in [0, 0.1) is 13.8 Å². The Morgan fingerprint density at radius 1 is 1.07 bits per heavy atom. The van der Waals surface area contributed by atoms with Gasteiger partial charge in [0.25, 0.3) is 0 Å². The van der Waals surface area contributed by atoms with Crippen molar-refractivity contribution in [3.63, 3.8) is 0 Å². The lowest BCUT2D eigenvalue weighted by atomic mass is 9.65. The van der Waals surface area contributed by atoms with Crippen LogP contribution in [0.1, 0.15) is 41.8 Å². The highest BCUT2D eigenvalue weighted by Gasteiger charge is 2.41. The standard InChI is InChI=1S/C24H25ClN2O2/c1-5-29-22-9-6-19(7-10-22)24(18(4)27-28,20-12-13-26-17(3)15-20)23-11-8-21(25)14-16(23)2/h6-15,28H,5H2,1-4H3/t24-/m1/s1. The van der Waals surface area contributed by atoms with Gasteiger partial charge in [-0.1, -0.05) is 35.0 Å². The molecule has 0 aliphatic heterocycles. The maximum atomic E-state index is 9.93. The molecule has 29 heavy (non-hydrogen) atoms. The Bertz CT molecular complexity index is 1030. The van der Waals surface area contributed by atoms with E-state index in [1.807, 2.05) is 82.3 Å². The van der Waals surface area contributed by atoms with Gasteiger partial charge in [-0.05, 0) is 86.3 Å². The van der Waals surface area contributed by atoms with E-state index < -0.39 is 5.41 Å². The van der Waals surface area contributed by atoms with E-state index in [-0.39, 0.29) is 0 Å². The third-order valence-electron chi connectivity index (χ3n) is 5.21. The van der Waals surface area contributed by atoms with Crippen LogP contribution in [0.2, 0.25) is 5.02 Å². The second-order valence-electron chi connectivity index (χ2n) is 7.04. The second-order valence-corrected chi connectivity index (χ2v) is 7.47. The summed E-state index contributed by atoms with van der Waals surface area (Å²) < 4.78 is 5.62. The first kappa shape index (κ1) is 20.9. The van der Waals surface area contributed by atoms with Crippen molar-refractivity contribution in [1.29, 1.82) is 0 Å². The molecule has 4 nitrogen and oxygen atoms in total. The molecule has 1 heterocycles. The summed E-state index contributed by atoms with van der Waals surface area (Å²) in [7, 11) is 0. The molecular weight excluding hydrogens is 384 g/mol. The van der Waals surface area contributed by atoms with E-state index in [1.54, 1.807) is 6.20 Å². The van der Waals surface area contributed by atoms with Crippen LogP contribution in [0.3, 0.4) is 0 Å². The molecule has 1 N–H and O–H groups in total. The van der Waals surface area contributed by atoms with Crippen LogP contribution in [-0.2, 0) is 5.41 Å². The maximum Gasteiger partial charge on any atom is 0.119 e. The van der Waals surface area contributed by atoms with Crippen molar-refractivity contribution >= 4 is 17.3 Å². The maximum absolute atomic E-state index is 9.93. The molecule has 0 unspecified atom stereocenters. The molecular formula is C24H25ClN2O2. The summed E-state index contributed by atoms with van der Waals surface area (Å²) in [5.74, 6) is 0.794. The van der Waals surface area contributed by atoms with E-state index in [0.717, 1.165) is 33.7 Å². The van der Waals surface area contributed by atoms with Crippen molar-refractivity contribution in [3.05, 3.63) is 93.8 Å². The number of hydrogen-bond donors (Lipinski definition) is 1. The van der Waals surface area contributed by atoms with E-state index in [9.17, 15) is 5.21 Å². The largest absolute Gasteiger partial charge is 0.494 e. The van der Waals surface area contributed by atoms with Gasteiger partial charge in [-0.3, -0.25) is 4.98 Å². The van der Waals surface area contributed by atoms with Crippen molar-refractivity contribution in [2.75, 3.05) is 6.61 Å². The van der Waals surface area contributed by atoms with Crippen LogP contribution in [-0.4, -0.2) is 22.5 Å². The lowest BCUT2D eigenvalue weighted by Crippen LogP contribution is -2.38. The van der Waals surface area contributed by atoms with Crippen LogP contribution >= 0.6 is 11.6 Å². The Morgan fingerprint density at radius 2 is 1.79 bits per heavy atom. The zero-order valence-corrected chi connectivity index (χ0v) is 17.9. The second kappa shape index (κ2) is 8.66. The van der Waals surface area contributed by atoms with Crippen LogP contribution in [0.4, 0.5) is 0 Å². The van der Waals surface area contributed by atoms with E-state index in [4.69, 9.17) is 16.3 Å². The first-order valence-corrected chi connectivity index (χ1v) is 9.93. The fourth-order valence-electron chi connectivity index (χ4n) is 3.96. The fourth-order valence-corrected chi connectivity index (χ4v) is 4.19. The monoisotopic (exact) mass is 408 g/mol. The summed E-state index contributed by atoms with van der Waals surface area (Å²) in [6, 6.07) is 17.7. The van der Waals surface area contributed by atoms with Crippen LogP contribution in [0.15, 0.2) is 65.9 Å². The van der Waals surface area contributed by atoms with Gasteiger partial charge in [0.2, 0.25) is 0 Å². The molecule has 0 saturated heterocycles. The Balaban J connectivity index is 2.40. The molecule has 0 fully saturated rings. The molecule has 0 spiro atoms. The normalized spacial score (nSPS) is 13.8. The number of ether oxygens (including phenoxy) is 1. The lowest BCUT2D eigenvalue weighted by molar-refractivity contribution is 0.315. The molecule has 0 bridgehead atoms. The molecule has 0 aliphatic rings. The first-order chi connectivity index (χ1) is 13.9. The van der Waals surface area contributed by atoms with E-state index in [0.29, 0.717) is 17.3 Å². The molecule has 0 radical (unpaired) electrons. The van der Waals surface area contributed by atoms with E-state index >= 15 is 0 Å². The number of aromatic nitrogens is 1. The highest BCUT2D eigenvalue weighted by Crippen LogP contribution is 2.43. The zero-order valence-electron chi connectivity index (χ0n) is 17.1. The number of benzene rings is 2. The molecule has 0 aliphatic carbocycles. The number of oxime groups is 1. The predicted molar refractivity (Wildman–Crippen MR) is 118 cm³/mol. The first-order valence-electron chi connectivity index (χ1n) is 9.55. The van der Waals surface area contributed by atoms with Crippen LogP contribution in [0.25, 0.3) is 0 Å². The van der Waals surface area contributed by atoms with E-state index in [1.165, 1.54) is 0 Å². The summed E-state index contributed by atoms with van der Waals surface area (Å²) in [5, 5.41) is 14.3. The minimum absolute atomic E-state index is 0.553. The van der Waals surface area contributed by atoms with Gasteiger partial charge >= 0.3 is 0 Å². The van der Waals surface area contributed by atoms with Crippen LogP contribution in [0.5, 0.6) is 5.75 Å². The van der Waals surface area contributed by atoms with Gasteiger partial charge in [-0.2, -0.15) is 0 Å². The number of pyridine rings is 1. The molecule has 3 aromatic rings. The average Bonchev–Trinajstić information content (AvgIpc) is 2.71. The van der Waals surface area contributed by atoms with Gasteiger partial charge < -0.3 is 9.94 Å². The number of aryl methyl sites for hydroxylation is 2. The van der Waals surface area contributed by atoms with Crippen molar-refractivity contribution in [1.82, 2.24) is 4.98 Å². The van der Waals surface area contributed by atoms with Gasteiger partial charge in [0.05, 0.1) is 17.7 Å². The predicted octanol–water partition coefficient (Wildman–Crippen LogP) is 5.94. The van der Waals surface area contributed by atoms with Gasteiger partial charge in [-0.25, -0.2) is 0 Å². The summed E-state index contributed by atoms with van der Waals surface area (Å²) in [4.78, 5) is 4.36. The highest BCUT2D eigenvalue weighted by molar-refractivity contribution is 6.30. The number of rotatable bonds is 6. The molecule has 1 aromatic heterocycles. The summed E-state index contributed by atoms with van der Waals surface area (Å²) >= 11 is 6.25. The molecule has 3 rings (SSSR count). The SMILES string of the molecule is CCOc1ccc([C@](C(C)=NO)(c2ccnc(C)c2)c2ccc(Cl)cc2C)cc1. The highest BCUT2D eigenvalue weighted by atomic mass is 35.5. The summed E-state index contributed by atoms with van der Waals surface area (Å²) in [6.45, 7) is 8.36. The van der Waals surface area contributed by atoms with Crippen molar-refractivity contribution < 1.29 is 9.94 Å². The molecule has 2 aromatic carbocycles. The number of hydrogen-bond acceptors (Lipinski definition) is 4. The molecule has 0 amide bonds. The van der Waals surface area contributed by atoms with Crippen molar-refractivity contribution in [2.45, 2.75) is 33.1 Å². The molecule has 0 saturated carbocycles. The fraction of sp³-hybridized carbons (Fsp3) is 0.250. The number of nitrogens with zero attached hydrogens (tertiary/aromatic N) is 2. The van der Waals surface area contributed by atoms with Gasteiger partial charge in [-0.15, -0.1) is 0 Å². The minimum atomic E-state index is -0.804. The molecule has 5 heteroatoms. The zero-order chi connectivity index (χ0) is 21.0. The molecule has 1 atom stereocenters. The van der Waals surface area contributed by atoms with E-state index in [2.05, 4.69) is 10.1 Å². The number of halogens is 1.